The van der Waals surface area contributed by atoms with Crippen LogP contribution in [0.15, 0.2) is 23.1 Å². The number of hydrogen-bond acceptors (Lipinski definition) is 3. The molecule has 3 nitrogen and oxygen atoms in total. The van der Waals surface area contributed by atoms with Gasteiger partial charge in [-0.25, -0.2) is 4.39 Å². The second-order valence-electron chi connectivity index (χ2n) is 3.94. The van der Waals surface area contributed by atoms with Crippen LogP contribution >= 0.6 is 11.8 Å². The van der Waals surface area contributed by atoms with E-state index in [-0.39, 0.29) is 12.2 Å². The average molecular weight is 256 g/mol. The molecule has 0 unspecified atom stereocenters. The van der Waals surface area contributed by atoms with E-state index in [9.17, 15) is 9.18 Å². The monoisotopic (exact) mass is 256 g/mol. The molecule has 0 radical (unpaired) electrons. The first-order chi connectivity index (χ1) is 8.15. The van der Waals surface area contributed by atoms with E-state index in [4.69, 9.17) is 9.84 Å². The molecule has 92 valence electrons. The molecule has 1 aromatic carbocycles. The molecule has 0 amide bonds. The van der Waals surface area contributed by atoms with Crippen molar-refractivity contribution in [3.05, 3.63) is 29.6 Å². The molecule has 0 saturated carbocycles. The first-order valence-corrected chi connectivity index (χ1v) is 6.28. The van der Waals surface area contributed by atoms with Gasteiger partial charge in [-0.1, -0.05) is 6.07 Å². The van der Waals surface area contributed by atoms with Crippen LogP contribution in [0.2, 0.25) is 0 Å². The Balaban J connectivity index is 1.97. The molecule has 5 heteroatoms. The van der Waals surface area contributed by atoms with Crippen LogP contribution in [-0.2, 0) is 16.0 Å². The van der Waals surface area contributed by atoms with Gasteiger partial charge < -0.3 is 9.84 Å². The summed E-state index contributed by atoms with van der Waals surface area (Å²) in [6, 6.07) is 4.92. The van der Waals surface area contributed by atoms with E-state index in [2.05, 4.69) is 0 Å². The second-order valence-corrected chi connectivity index (χ2v) is 5.28. The van der Waals surface area contributed by atoms with Gasteiger partial charge in [0, 0.05) is 11.3 Å². The highest BCUT2D eigenvalue weighted by molar-refractivity contribution is 8.00. The number of aryl methyl sites for hydroxylation is 1. The van der Waals surface area contributed by atoms with E-state index in [1.807, 2.05) is 0 Å². The number of carbonyl (C=O) groups is 1. The van der Waals surface area contributed by atoms with Gasteiger partial charge in [-0.15, -0.1) is 11.8 Å². The van der Waals surface area contributed by atoms with Crippen LogP contribution in [0.3, 0.4) is 0 Å². The maximum Gasteiger partial charge on any atom is 0.303 e. The zero-order chi connectivity index (χ0) is 12.3. The molecule has 1 N–H and O–H groups in total. The van der Waals surface area contributed by atoms with Crippen LogP contribution in [-0.4, -0.2) is 29.5 Å². The molecule has 0 aliphatic carbocycles. The highest BCUT2D eigenvalue weighted by atomic mass is 32.2. The van der Waals surface area contributed by atoms with Crippen LogP contribution in [0.25, 0.3) is 0 Å². The minimum Gasteiger partial charge on any atom is -0.481 e. The van der Waals surface area contributed by atoms with E-state index in [1.165, 1.54) is 17.8 Å². The Hall–Kier alpha value is -1.07. The molecule has 1 aromatic rings. The van der Waals surface area contributed by atoms with Crippen molar-refractivity contribution in [1.82, 2.24) is 0 Å². The van der Waals surface area contributed by atoms with Crippen LogP contribution in [0.5, 0.6) is 0 Å². The first kappa shape index (κ1) is 12.4. The molecule has 1 aliphatic heterocycles. The number of thioether (sulfide) groups is 1. The van der Waals surface area contributed by atoms with Gasteiger partial charge in [-0.05, 0) is 24.1 Å². The van der Waals surface area contributed by atoms with Crippen LogP contribution < -0.4 is 0 Å². The Kier molecular flexibility index (Phi) is 4.02. The summed E-state index contributed by atoms with van der Waals surface area (Å²) in [5, 5.41) is 8.89. The first-order valence-electron chi connectivity index (χ1n) is 5.40. The number of carboxylic acid groups (broad SMARTS) is 1. The quantitative estimate of drug-likeness (QED) is 0.878. The van der Waals surface area contributed by atoms with Crippen molar-refractivity contribution in [1.29, 1.82) is 0 Å². The minimum atomic E-state index is -0.865. The van der Waals surface area contributed by atoms with E-state index < -0.39 is 5.97 Å². The molecule has 17 heavy (non-hydrogen) atoms. The predicted octanol–water partition coefficient (Wildman–Crippen LogP) is 2.33. The number of carboxylic acids is 1. The van der Waals surface area contributed by atoms with Gasteiger partial charge in [0.05, 0.1) is 18.5 Å². The van der Waals surface area contributed by atoms with Crippen molar-refractivity contribution in [2.45, 2.75) is 23.0 Å². The summed E-state index contributed by atoms with van der Waals surface area (Å²) >= 11 is 1.47. The summed E-state index contributed by atoms with van der Waals surface area (Å²) in [5.41, 5.74) is 0.721. The third-order valence-corrected chi connectivity index (χ3v) is 3.72. The fourth-order valence-electron chi connectivity index (χ4n) is 1.51. The fraction of sp³-hybridized carbons (Fsp3) is 0.417. The van der Waals surface area contributed by atoms with Crippen molar-refractivity contribution in [3.63, 3.8) is 0 Å². The summed E-state index contributed by atoms with van der Waals surface area (Å²) in [5.74, 6) is -1.14. The number of aliphatic carboxylic acids is 1. The Morgan fingerprint density at radius 2 is 2.29 bits per heavy atom. The standard InChI is InChI=1S/C12H13FO3S/c13-10-5-8(2-4-12(14)15)1-3-11(10)17-9-6-16-7-9/h1,3,5,9H,2,4,6-7H2,(H,14,15). The molecule has 1 heterocycles. The molecule has 1 saturated heterocycles. The molecule has 1 aliphatic rings. The zero-order valence-electron chi connectivity index (χ0n) is 9.19. The van der Waals surface area contributed by atoms with Gasteiger partial charge >= 0.3 is 5.97 Å². The highest BCUT2D eigenvalue weighted by Gasteiger charge is 2.21. The Morgan fingerprint density at radius 3 is 2.82 bits per heavy atom. The lowest BCUT2D eigenvalue weighted by atomic mass is 10.1. The minimum absolute atomic E-state index is 0.0302. The summed E-state index contributed by atoms with van der Waals surface area (Å²) in [6.07, 6.45) is 0.395. The number of hydrogen-bond donors (Lipinski definition) is 1. The Bertz CT molecular complexity index is 418. The molecule has 2 rings (SSSR count). The van der Waals surface area contributed by atoms with Crippen molar-refractivity contribution in [2.24, 2.45) is 0 Å². The van der Waals surface area contributed by atoms with E-state index in [1.54, 1.807) is 12.1 Å². The molecule has 0 aromatic heterocycles. The molecular weight excluding hydrogens is 243 g/mol. The largest absolute Gasteiger partial charge is 0.481 e. The van der Waals surface area contributed by atoms with E-state index in [0.717, 1.165) is 5.56 Å². The number of benzene rings is 1. The molecular formula is C12H13FO3S. The van der Waals surface area contributed by atoms with Crippen molar-refractivity contribution in [2.75, 3.05) is 13.2 Å². The van der Waals surface area contributed by atoms with Crippen molar-refractivity contribution in [3.8, 4) is 0 Å². The number of ether oxygens (including phenoxy) is 1. The molecule has 0 spiro atoms. The average Bonchev–Trinajstić information content (AvgIpc) is 2.22. The number of rotatable bonds is 5. The summed E-state index contributed by atoms with van der Waals surface area (Å²) in [6.45, 7) is 1.34. The molecule has 1 fully saturated rings. The third-order valence-electron chi connectivity index (χ3n) is 2.52. The van der Waals surface area contributed by atoms with Gasteiger partial charge in [0.2, 0.25) is 0 Å². The summed E-state index contributed by atoms with van der Waals surface area (Å²) in [7, 11) is 0. The van der Waals surface area contributed by atoms with Crippen LogP contribution in [0.1, 0.15) is 12.0 Å². The van der Waals surface area contributed by atoms with Crippen LogP contribution in [0.4, 0.5) is 4.39 Å². The van der Waals surface area contributed by atoms with Crippen LogP contribution in [0, 0.1) is 5.82 Å². The lowest BCUT2D eigenvalue weighted by molar-refractivity contribution is -0.136. The Labute approximate surface area is 103 Å². The van der Waals surface area contributed by atoms with Gasteiger partial charge in [0.1, 0.15) is 5.82 Å². The molecule has 0 bridgehead atoms. The second kappa shape index (κ2) is 5.51. The normalized spacial score (nSPS) is 15.6. The lowest BCUT2D eigenvalue weighted by Crippen LogP contribution is -2.30. The fourth-order valence-corrected chi connectivity index (χ4v) is 2.51. The van der Waals surface area contributed by atoms with Gasteiger partial charge in [0.15, 0.2) is 0 Å². The van der Waals surface area contributed by atoms with Gasteiger partial charge in [-0.3, -0.25) is 4.79 Å². The van der Waals surface area contributed by atoms with Crippen molar-refractivity contribution < 1.29 is 19.0 Å². The smallest absolute Gasteiger partial charge is 0.303 e. The van der Waals surface area contributed by atoms with Gasteiger partial charge in [0.25, 0.3) is 0 Å². The highest BCUT2D eigenvalue weighted by Crippen LogP contribution is 2.30. The maximum atomic E-state index is 13.7. The summed E-state index contributed by atoms with van der Waals surface area (Å²) < 4.78 is 18.7. The zero-order valence-corrected chi connectivity index (χ0v) is 10.0. The van der Waals surface area contributed by atoms with E-state index >= 15 is 0 Å². The SMILES string of the molecule is O=C(O)CCc1ccc(SC2COC2)c(F)c1. The Morgan fingerprint density at radius 1 is 1.53 bits per heavy atom. The summed E-state index contributed by atoms with van der Waals surface area (Å²) in [4.78, 5) is 11.0. The number of halogens is 1. The van der Waals surface area contributed by atoms with Gasteiger partial charge in [-0.2, -0.15) is 0 Å². The topological polar surface area (TPSA) is 46.5 Å². The molecule has 0 atom stereocenters. The maximum absolute atomic E-state index is 13.7. The van der Waals surface area contributed by atoms with E-state index in [0.29, 0.717) is 29.8 Å². The van der Waals surface area contributed by atoms with Crippen molar-refractivity contribution >= 4 is 17.7 Å². The lowest BCUT2D eigenvalue weighted by Gasteiger charge is -2.25. The predicted molar refractivity (Wildman–Crippen MR) is 62.8 cm³/mol. The third kappa shape index (κ3) is 3.44.